The maximum Gasteiger partial charge on any atom is 0.272 e. The number of pyridine rings is 1. The smallest absolute Gasteiger partial charge is 0.272 e. The molecule has 0 spiro atoms. The van der Waals surface area contributed by atoms with Crippen molar-refractivity contribution in [1.29, 1.82) is 0 Å². The SMILES string of the molecule is CCN(C(=O)c1ccccn1)C1CCCC1CN. The summed E-state index contributed by atoms with van der Waals surface area (Å²) in [4.78, 5) is 18.5. The molecule has 1 aromatic heterocycles. The number of hydrogen-bond acceptors (Lipinski definition) is 3. The Morgan fingerprint density at radius 2 is 2.33 bits per heavy atom. The van der Waals surface area contributed by atoms with Crippen LogP contribution in [0.3, 0.4) is 0 Å². The predicted molar refractivity (Wildman–Crippen MR) is 71.1 cm³/mol. The highest BCUT2D eigenvalue weighted by atomic mass is 16.2. The van der Waals surface area contributed by atoms with Crippen molar-refractivity contribution in [2.75, 3.05) is 13.1 Å². The number of aromatic nitrogens is 1. The molecular formula is C14H21N3O. The van der Waals surface area contributed by atoms with E-state index in [1.54, 1.807) is 12.3 Å². The first-order chi connectivity index (χ1) is 8.77. The monoisotopic (exact) mass is 247 g/mol. The van der Waals surface area contributed by atoms with E-state index >= 15 is 0 Å². The van der Waals surface area contributed by atoms with Crippen LogP contribution < -0.4 is 5.73 Å². The van der Waals surface area contributed by atoms with Crippen LogP contribution in [0.25, 0.3) is 0 Å². The zero-order valence-electron chi connectivity index (χ0n) is 10.9. The Morgan fingerprint density at radius 1 is 1.50 bits per heavy atom. The fourth-order valence-corrected chi connectivity index (χ4v) is 2.87. The van der Waals surface area contributed by atoms with Crippen LogP contribution in [0.15, 0.2) is 24.4 Å². The van der Waals surface area contributed by atoms with Gasteiger partial charge in [-0.05, 0) is 44.4 Å². The lowest BCUT2D eigenvalue weighted by Crippen LogP contribution is -2.44. The molecule has 2 rings (SSSR count). The van der Waals surface area contributed by atoms with Crippen LogP contribution in [0, 0.1) is 5.92 Å². The highest BCUT2D eigenvalue weighted by molar-refractivity contribution is 5.92. The molecule has 0 aliphatic heterocycles. The molecule has 2 N–H and O–H groups in total. The number of hydrogen-bond donors (Lipinski definition) is 1. The maximum atomic E-state index is 12.4. The summed E-state index contributed by atoms with van der Waals surface area (Å²) in [6.45, 7) is 3.40. The third-order valence-electron chi connectivity index (χ3n) is 3.81. The van der Waals surface area contributed by atoms with E-state index in [1.807, 2.05) is 24.0 Å². The highest BCUT2D eigenvalue weighted by Crippen LogP contribution is 2.29. The molecule has 2 atom stereocenters. The first-order valence-corrected chi connectivity index (χ1v) is 6.70. The largest absolute Gasteiger partial charge is 0.334 e. The summed E-state index contributed by atoms with van der Waals surface area (Å²) in [5.41, 5.74) is 6.33. The molecule has 1 aliphatic rings. The van der Waals surface area contributed by atoms with Gasteiger partial charge in [-0.3, -0.25) is 9.78 Å². The molecule has 4 nitrogen and oxygen atoms in total. The van der Waals surface area contributed by atoms with Gasteiger partial charge in [0.2, 0.25) is 0 Å². The van der Waals surface area contributed by atoms with Gasteiger partial charge in [0.1, 0.15) is 5.69 Å². The van der Waals surface area contributed by atoms with Crippen LogP contribution in [0.1, 0.15) is 36.7 Å². The summed E-state index contributed by atoms with van der Waals surface area (Å²) in [5, 5.41) is 0. The summed E-state index contributed by atoms with van der Waals surface area (Å²) >= 11 is 0. The van der Waals surface area contributed by atoms with Crippen LogP contribution >= 0.6 is 0 Å². The molecule has 1 aliphatic carbocycles. The highest BCUT2D eigenvalue weighted by Gasteiger charge is 2.33. The lowest BCUT2D eigenvalue weighted by atomic mass is 10.0. The third kappa shape index (κ3) is 2.53. The summed E-state index contributed by atoms with van der Waals surface area (Å²) in [7, 11) is 0. The van der Waals surface area contributed by atoms with Gasteiger partial charge in [-0.25, -0.2) is 0 Å². The van der Waals surface area contributed by atoms with Gasteiger partial charge in [0.15, 0.2) is 0 Å². The van der Waals surface area contributed by atoms with Crippen LogP contribution in [0.2, 0.25) is 0 Å². The molecule has 1 heterocycles. The quantitative estimate of drug-likeness (QED) is 0.880. The predicted octanol–water partition coefficient (Wildman–Crippen LogP) is 1.67. The Hall–Kier alpha value is -1.42. The summed E-state index contributed by atoms with van der Waals surface area (Å²) in [6.07, 6.45) is 5.02. The average Bonchev–Trinajstić information content (AvgIpc) is 2.89. The molecule has 0 saturated heterocycles. The molecule has 98 valence electrons. The third-order valence-corrected chi connectivity index (χ3v) is 3.81. The van der Waals surface area contributed by atoms with E-state index in [2.05, 4.69) is 4.98 Å². The van der Waals surface area contributed by atoms with Crippen molar-refractivity contribution in [1.82, 2.24) is 9.88 Å². The summed E-state index contributed by atoms with van der Waals surface area (Å²) in [5.74, 6) is 0.473. The maximum absolute atomic E-state index is 12.4. The van der Waals surface area contributed by atoms with Gasteiger partial charge in [0.05, 0.1) is 0 Å². The van der Waals surface area contributed by atoms with Gasteiger partial charge in [0.25, 0.3) is 5.91 Å². The summed E-state index contributed by atoms with van der Waals surface area (Å²) in [6, 6.07) is 5.74. The molecule has 4 heteroatoms. The molecule has 0 aromatic carbocycles. The van der Waals surface area contributed by atoms with Gasteiger partial charge >= 0.3 is 0 Å². The Kier molecular flexibility index (Phi) is 4.31. The topological polar surface area (TPSA) is 59.2 Å². The molecular weight excluding hydrogens is 226 g/mol. The zero-order valence-corrected chi connectivity index (χ0v) is 10.9. The molecule has 1 saturated carbocycles. The number of carbonyl (C=O) groups is 1. The van der Waals surface area contributed by atoms with Crippen molar-refractivity contribution in [2.45, 2.75) is 32.2 Å². The standard InChI is InChI=1S/C14H21N3O/c1-2-17(13-8-5-6-11(13)10-15)14(18)12-7-3-4-9-16-12/h3-4,7,9,11,13H,2,5-6,8,10,15H2,1H3. The molecule has 0 radical (unpaired) electrons. The molecule has 1 aromatic rings. The van der Waals surface area contributed by atoms with Gasteiger partial charge < -0.3 is 10.6 Å². The summed E-state index contributed by atoms with van der Waals surface area (Å²) < 4.78 is 0. The molecule has 0 bridgehead atoms. The second-order valence-corrected chi connectivity index (χ2v) is 4.80. The minimum atomic E-state index is 0.0310. The fourth-order valence-electron chi connectivity index (χ4n) is 2.87. The first kappa shape index (κ1) is 13.0. The minimum absolute atomic E-state index is 0.0310. The van der Waals surface area contributed by atoms with Gasteiger partial charge in [-0.1, -0.05) is 12.5 Å². The normalized spacial score (nSPS) is 23.0. The number of rotatable bonds is 4. The fraction of sp³-hybridized carbons (Fsp3) is 0.571. The zero-order chi connectivity index (χ0) is 13.0. The van der Waals surface area contributed by atoms with E-state index in [0.717, 1.165) is 19.4 Å². The number of amides is 1. The molecule has 18 heavy (non-hydrogen) atoms. The van der Waals surface area contributed by atoms with E-state index in [9.17, 15) is 4.79 Å². The van der Waals surface area contributed by atoms with Crippen molar-refractivity contribution in [2.24, 2.45) is 11.7 Å². The first-order valence-electron chi connectivity index (χ1n) is 6.70. The van der Waals surface area contributed by atoms with Crippen molar-refractivity contribution in [3.63, 3.8) is 0 Å². The van der Waals surface area contributed by atoms with E-state index in [4.69, 9.17) is 5.73 Å². The average molecular weight is 247 g/mol. The van der Waals surface area contributed by atoms with Crippen molar-refractivity contribution in [3.05, 3.63) is 30.1 Å². The minimum Gasteiger partial charge on any atom is -0.334 e. The van der Waals surface area contributed by atoms with Crippen LogP contribution in [0.4, 0.5) is 0 Å². The van der Waals surface area contributed by atoms with Gasteiger partial charge in [-0.15, -0.1) is 0 Å². The number of nitrogens with zero attached hydrogens (tertiary/aromatic N) is 2. The van der Waals surface area contributed by atoms with Crippen LogP contribution in [-0.2, 0) is 0 Å². The van der Waals surface area contributed by atoms with Gasteiger partial charge in [-0.2, -0.15) is 0 Å². The Labute approximate surface area is 108 Å². The molecule has 1 fully saturated rings. The molecule has 2 unspecified atom stereocenters. The Bertz CT molecular complexity index is 393. The van der Waals surface area contributed by atoms with E-state index < -0.39 is 0 Å². The van der Waals surface area contributed by atoms with E-state index in [0.29, 0.717) is 18.2 Å². The van der Waals surface area contributed by atoms with Gasteiger partial charge in [0, 0.05) is 18.8 Å². The van der Waals surface area contributed by atoms with Crippen molar-refractivity contribution >= 4 is 5.91 Å². The van der Waals surface area contributed by atoms with Crippen molar-refractivity contribution < 1.29 is 4.79 Å². The van der Waals surface area contributed by atoms with E-state index in [-0.39, 0.29) is 11.9 Å². The van der Waals surface area contributed by atoms with Crippen LogP contribution in [0.5, 0.6) is 0 Å². The lowest BCUT2D eigenvalue weighted by Gasteiger charge is -2.31. The molecule has 1 amide bonds. The number of nitrogens with two attached hydrogens (primary N) is 1. The van der Waals surface area contributed by atoms with Crippen molar-refractivity contribution in [3.8, 4) is 0 Å². The second kappa shape index (κ2) is 5.96. The Morgan fingerprint density at radius 3 is 2.94 bits per heavy atom. The van der Waals surface area contributed by atoms with E-state index in [1.165, 1.54) is 6.42 Å². The lowest BCUT2D eigenvalue weighted by molar-refractivity contribution is 0.0646. The number of carbonyl (C=O) groups excluding carboxylic acids is 1. The Balaban J connectivity index is 2.16. The van der Waals surface area contributed by atoms with Crippen LogP contribution in [-0.4, -0.2) is 34.9 Å². The second-order valence-electron chi connectivity index (χ2n) is 4.80.